The number of likely N-dealkylation sites (N-methyl/N-ethyl adjacent to an activating group) is 5. The number of nitrogen functional groups attached to an aromatic ring is 3. The summed E-state index contributed by atoms with van der Waals surface area (Å²) in [5.74, 6) is 2.14. The zero-order valence-electron chi connectivity index (χ0n) is 68.6. The minimum Gasteiger partial charge on any atom is -0.508 e. The number of ether oxygens (including phenoxy) is 3. The number of hydrogen-bond donors (Lipinski definition) is 5. The Labute approximate surface area is 672 Å². The van der Waals surface area contributed by atoms with Crippen molar-refractivity contribution in [1.82, 2.24) is 59.3 Å². The number of amides is 3. The van der Waals surface area contributed by atoms with Crippen molar-refractivity contribution in [3.8, 4) is 29.5 Å². The molecule has 2 saturated heterocycles. The normalized spacial score (nSPS) is 15.4. The Morgan fingerprint density at radius 1 is 0.474 bits per heavy atom. The number of aromatic nitrogens is 6. The second-order valence-corrected chi connectivity index (χ2v) is 29.1. The number of anilines is 6. The van der Waals surface area contributed by atoms with Crippen LogP contribution in [0.1, 0.15) is 102 Å². The van der Waals surface area contributed by atoms with Crippen molar-refractivity contribution < 1.29 is 38.8 Å². The maximum Gasteiger partial charge on any atom is 0.318 e. The average Bonchev–Trinajstić information content (AvgIpc) is 0.918. The second kappa shape index (κ2) is 42.0. The number of fused-ring (bicyclic) bond motifs is 6. The summed E-state index contributed by atoms with van der Waals surface area (Å²) in [6, 6.07) is 39.5. The summed E-state index contributed by atoms with van der Waals surface area (Å²) in [6.45, 7) is 37.6. The van der Waals surface area contributed by atoms with E-state index in [-0.39, 0.29) is 47.5 Å². The van der Waals surface area contributed by atoms with E-state index in [1.165, 1.54) is 34.7 Å². The minimum absolute atomic E-state index is 0.00906. The monoisotopic (exact) mass is 1550 g/mol. The zero-order valence-corrected chi connectivity index (χ0v) is 68.6. The van der Waals surface area contributed by atoms with Gasteiger partial charge < -0.3 is 85.7 Å². The molecule has 0 saturated carbocycles. The van der Waals surface area contributed by atoms with Gasteiger partial charge in [-0.3, -0.25) is 14.4 Å². The van der Waals surface area contributed by atoms with Gasteiger partial charge in [0, 0.05) is 154 Å². The summed E-state index contributed by atoms with van der Waals surface area (Å²) in [4.78, 5) is 78.3. The van der Waals surface area contributed by atoms with E-state index >= 15 is 0 Å². The molecule has 9 aromatic rings. The van der Waals surface area contributed by atoms with Crippen LogP contribution in [0.2, 0.25) is 0 Å². The van der Waals surface area contributed by atoms with Gasteiger partial charge in [-0.15, -0.1) is 0 Å². The van der Waals surface area contributed by atoms with E-state index in [2.05, 4.69) is 133 Å². The van der Waals surface area contributed by atoms with Crippen LogP contribution in [0.25, 0.3) is 32.3 Å². The van der Waals surface area contributed by atoms with E-state index < -0.39 is 0 Å². The van der Waals surface area contributed by atoms with Crippen molar-refractivity contribution >= 4 is 84.6 Å². The van der Waals surface area contributed by atoms with Crippen molar-refractivity contribution in [2.75, 3.05) is 152 Å². The number of hydrogen-bond acceptors (Lipinski definition) is 23. The third-order valence-corrected chi connectivity index (χ3v) is 20.9. The highest BCUT2D eigenvalue weighted by Gasteiger charge is 2.30. The Morgan fingerprint density at radius 3 is 1.21 bits per heavy atom. The number of carbonyl (C=O) groups is 3. The first-order valence-electron chi connectivity index (χ1n) is 39.8. The van der Waals surface area contributed by atoms with Gasteiger partial charge in [0.15, 0.2) is 0 Å². The molecule has 0 bridgehead atoms. The van der Waals surface area contributed by atoms with Gasteiger partial charge >= 0.3 is 18.0 Å². The van der Waals surface area contributed by atoms with Gasteiger partial charge in [0.1, 0.15) is 47.3 Å². The minimum atomic E-state index is -0.00906. The van der Waals surface area contributed by atoms with Gasteiger partial charge in [-0.25, -0.2) is 0 Å². The molecular formula is C88H118N18O8. The lowest BCUT2D eigenvalue weighted by Gasteiger charge is -2.32. The number of piperidine rings is 1. The van der Waals surface area contributed by atoms with E-state index in [0.29, 0.717) is 55.1 Å². The first-order valence-corrected chi connectivity index (χ1v) is 39.8. The molecule has 114 heavy (non-hydrogen) atoms. The van der Waals surface area contributed by atoms with Gasteiger partial charge in [0.2, 0.25) is 17.7 Å². The Bertz CT molecular complexity index is 4660. The molecule has 8 N–H and O–H groups in total. The largest absolute Gasteiger partial charge is 0.508 e. The number of phenols is 2. The fourth-order valence-corrected chi connectivity index (χ4v) is 14.8. The van der Waals surface area contributed by atoms with Gasteiger partial charge in [-0.2, -0.15) is 29.9 Å². The average molecular weight is 1560 g/mol. The summed E-state index contributed by atoms with van der Waals surface area (Å²) in [5.41, 5.74) is 27.8. The molecule has 0 spiro atoms. The van der Waals surface area contributed by atoms with Gasteiger partial charge in [0.05, 0.1) is 36.7 Å². The highest BCUT2D eigenvalue weighted by molar-refractivity contribution is 5.97. The van der Waals surface area contributed by atoms with Crippen molar-refractivity contribution in [3.05, 3.63) is 187 Å². The first kappa shape index (κ1) is 86.6. The first-order chi connectivity index (χ1) is 54.9. The summed E-state index contributed by atoms with van der Waals surface area (Å²) >= 11 is 0. The third-order valence-electron chi connectivity index (χ3n) is 20.9. The molecule has 608 valence electrons. The molecule has 2 fully saturated rings. The molecule has 14 rings (SSSR count). The SMILES string of the molecule is C=CC(=O)N(CC)CC.C=CC(=O)N(CC)CC.C=CC(=O)N(CC)CC.CC(CN(C)C)Oc1nc(N)c2c(n1)CN(c1cccc3ccccc13)CC2.CN1CCC(Oc2nc(N)c3c(n2)CN(c2cc(O)cc4ccccc24)CC3)C1.CN1CCC(Oc2nc(N)c3c(n2)CN(c2cc(O)cc4ccccc24)CC3)CC1. The molecule has 8 heterocycles. The van der Waals surface area contributed by atoms with E-state index in [1.807, 2.05) is 111 Å². The predicted molar refractivity (Wildman–Crippen MR) is 459 cm³/mol. The van der Waals surface area contributed by atoms with Crippen LogP contribution in [0.5, 0.6) is 29.5 Å². The van der Waals surface area contributed by atoms with Gasteiger partial charge in [0.25, 0.3) is 0 Å². The highest BCUT2D eigenvalue weighted by Crippen LogP contribution is 2.39. The van der Waals surface area contributed by atoms with Crippen LogP contribution in [0.15, 0.2) is 153 Å². The van der Waals surface area contributed by atoms with Crippen LogP contribution < -0.4 is 46.1 Å². The third kappa shape index (κ3) is 23.2. The Balaban J connectivity index is 0.000000169. The maximum absolute atomic E-state index is 10.8. The summed E-state index contributed by atoms with van der Waals surface area (Å²) in [7, 11) is 8.25. The molecule has 2 unspecified atom stereocenters. The molecule has 2 atom stereocenters. The number of nitrogens with zero attached hydrogens (tertiary/aromatic N) is 15. The topological polar surface area (TPSA) is 304 Å². The molecule has 5 aliphatic heterocycles. The van der Waals surface area contributed by atoms with Crippen LogP contribution in [0.3, 0.4) is 0 Å². The fourth-order valence-electron chi connectivity index (χ4n) is 14.8. The van der Waals surface area contributed by atoms with Crippen molar-refractivity contribution in [2.24, 2.45) is 0 Å². The fraction of sp³-hybridized carbons (Fsp3) is 0.420. The van der Waals surface area contributed by atoms with E-state index in [4.69, 9.17) is 46.4 Å². The molecule has 26 heteroatoms. The lowest BCUT2D eigenvalue weighted by molar-refractivity contribution is -0.126. The summed E-state index contributed by atoms with van der Waals surface area (Å²) in [5, 5.41) is 27.2. The zero-order chi connectivity index (χ0) is 82.1. The van der Waals surface area contributed by atoms with Crippen LogP contribution >= 0.6 is 0 Å². The Kier molecular flexibility index (Phi) is 31.9. The number of benzene rings is 6. The summed E-state index contributed by atoms with van der Waals surface area (Å²) in [6.07, 6.45) is 9.52. The quantitative estimate of drug-likeness (QED) is 0.0443. The predicted octanol–water partition coefficient (Wildman–Crippen LogP) is 11.7. The van der Waals surface area contributed by atoms with Crippen molar-refractivity contribution in [1.29, 1.82) is 0 Å². The second-order valence-electron chi connectivity index (χ2n) is 29.1. The molecule has 3 aromatic heterocycles. The lowest BCUT2D eigenvalue weighted by atomic mass is 10.0. The highest BCUT2D eigenvalue weighted by atomic mass is 16.5. The molecule has 26 nitrogen and oxygen atoms in total. The number of carbonyl (C=O) groups excluding carboxylic acids is 3. The Hall–Kier alpha value is -11.4. The number of aromatic hydroxyl groups is 2. The van der Waals surface area contributed by atoms with Gasteiger partial charge in [-0.1, -0.05) is 105 Å². The van der Waals surface area contributed by atoms with E-state index in [1.54, 1.807) is 26.8 Å². The molecule has 3 amide bonds. The van der Waals surface area contributed by atoms with Crippen LogP contribution in [-0.4, -0.2) is 225 Å². The van der Waals surface area contributed by atoms with Crippen LogP contribution in [0, 0.1) is 0 Å². The van der Waals surface area contributed by atoms with Crippen LogP contribution in [0.4, 0.5) is 34.5 Å². The van der Waals surface area contributed by atoms with Crippen LogP contribution in [-0.2, 0) is 53.3 Å². The number of phenolic OH excluding ortho intramolecular Hbond substituents is 2. The van der Waals surface area contributed by atoms with Crippen molar-refractivity contribution in [2.45, 2.75) is 125 Å². The van der Waals surface area contributed by atoms with Crippen molar-refractivity contribution in [3.63, 3.8) is 0 Å². The molecule has 0 aliphatic carbocycles. The molecule has 5 aliphatic rings. The molecule has 6 aromatic carbocycles. The van der Waals surface area contributed by atoms with E-state index in [9.17, 15) is 24.6 Å². The maximum atomic E-state index is 10.8. The Morgan fingerprint density at radius 2 is 0.825 bits per heavy atom. The lowest BCUT2D eigenvalue weighted by Crippen LogP contribution is -2.36. The molecular weight excluding hydrogens is 1440 g/mol. The number of likely N-dealkylation sites (tertiary alicyclic amines) is 2. The molecule has 0 radical (unpaired) electrons. The number of nitrogens with two attached hydrogens (primary N) is 3. The number of rotatable bonds is 20. The van der Waals surface area contributed by atoms with Gasteiger partial charge in [-0.05, 0) is 168 Å². The smallest absolute Gasteiger partial charge is 0.318 e. The summed E-state index contributed by atoms with van der Waals surface area (Å²) < 4.78 is 18.0. The van der Waals surface area contributed by atoms with E-state index in [0.717, 1.165) is 197 Å². The standard InChI is InChI=1S/C23H27N5O2.C22H25N5O2.C22H27N5O.3C7H13NO/c1-27-9-6-17(7-10-27)30-23-25-20-14-28(11-8-19(20)22(24)26-23)21-13-16(29)12-15-4-2-3-5-18(15)21;1-26-8-6-16(12-26)29-22-24-19-13-27(9-7-18(19)21(23)25-22)20-11-15(28)10-14-4-2-3-5-17(14)20;1-15(13-26(2)3)28-22-24-19-14-27(12-11-18(19)21(23)25-22)20-10-6-8-16-7-4-5-9-17(16)20;3*1-4-7(9)8(5-2)6-3/h2-5,12-13,17,29H,6-11,14H2,1H3,(H2,24,25,26);2-5,10-11,16,28H,6-9,12-13H2,1H3,(H2,23,24,25);4-10,15H,11-14H2,1-3H3,(H2,23,24,25);3*4H,1,5-6H2,2-3H3.